The zero-order valence-corrected chi connectivity index (χ0v) is 11.2. The lowest BCUT2D eigenvalue weighted by atomic mass is 9.98. The van der Waals surface area contributed by atoms with Crippen LogP contribution in [0.1, 0.15) is 41.3 Å². The predicted octanol–water partition coefficient (Wildman–Crippen LogP) is 4.69. The molecule has 0 amide bonds. The normalized spacial score (nSPS) is 10.7. The van der Waals surface area contributed by atoms with Gasteiger partial charge in [-0.05, 0) is 23.6 Å². The Morgan fingerprint density at radius 2 is 1.67 bits per heavy atom. The number of halogens is 1. The molecule has 0 unspecified atom stereocenters. The molecule has 0 spiro atoms. The first-order valence-electron chi connectivity index (χ1n) is 5.98. The van der Waals surface area contributed by atoms with E-state index in [4.69, 9.17) is 11.6 Å². The van der Waals surface area contributed by atoms with Gasteiger partial charge in [0.1, 0.15) is 0 Å². The molecule has 0 aliphatic carbocycles. The molecule has 92 valence electrons. The molecule has 0 atom stereocenters. The van der Waals surface area contributed by atoms with E-state index in [1.54, 1.807) is 24.3 Å². The van der Waals surface area contributed by atoms with E-state index < -0.39 is 0 Å². The third-order valence-electron chi connectivity index (χ3n) is 2.93. The van der Waals surface area contributed by atoms with Crippen LogP contribution in [0, 0.1) is 0 Å². The lowest BCUT2D eigenvalue weighted by Gasteiger charge is -2.06. The molecule has 2 rings (SSSR count). The second-order valence-corrected chi connectivity index (χ2v) is 5.05. The molecule has 1 nitrogen and oxygen atoms in total. The molecule has 0 bridgehead atoms. The van der Waals surface area contributed by atoms with Crippen LogP contribution in [-0.2, 0) is 0 Å². The summed E-state index contributed by atoms with van der Waals surface area (Å²) in [6.45, 7) is 4.27. The number of ketones is 1. The summed E-state index contributed by atoms with van der Waals surface area (Å²) in [5, 5.41) is 0.583. The van der Waals surface area contributed by atoms with Crippen molar-refractivity contribution in [2.45, 2.75) is 19.8 Å². The smallest absolute Gasteiger partial charge is 0.193 e. The standard InChI is InChI=1S/C16H15ClO/c1-11(2)12-6-8-13(9-7-12)16(18)14-4-3-5-15(17)10-14/h3-11H,1-2H3. The highest BCUT2D eigenvalue weighted by molar-refractivity contribution is 6.31. The maximum absolute atomic E-state index is 12.2. The maximum atomic E-state index is 12.2. The van der Waals surface area contributed by atoms with Crippen molar-refractivity contribution in [1.82, 2.24) is 0 Å². The number of carbonyl (C=O) groups excluding carboxylic acids is 1. The Kier molecular flexibility index (Phi) is 3.83. The van der Waals surface area contributed by atoms with Crippen molar-refractivity contribution >= 4 is 17.4 Å². The number of carbonyl (C=O) groups is 1. The SMILES string of the molecule is CC(C)c1ccc(C(=O)c2cccc(Cl)c2)cc1. The van der Waals surface area contributed by atoms with Crippen molar-refractivity contribution < 1.29 is 4.79 Å². The van der Waals surface area contributed by atoms with Crippen LogP contribution in [0.15, 0.2) is 48.5 Å². The second kappa shape index (κ2) is 5.36. The Morgan fingerprint density at radius 3 is 2.22 bits per heavy atom. The van der Waals surface area contributed by atoms with Crippen molar-refractivity contribution in [3.05, 3.63) is 70.2 Å². The molecule has 18 heavy (non-hydrogen) atoms. The minimum absolute atomic E-state index is 0.00723. The summed E-state index contributed by atoms with van der Waals surface area (Å²) in [5.41, 5.74) is 2.55. The monoisotopic (exact) mass is 258 g/mol. The highest BCUT2D eigenvalue weighted by Crippen LogP contribution is 2.18. The highest BCUT2D eigenvalue weighted by atomic mass is 35.5. The van der Waals surface area contributed by atoms with E-state index in [1.807, 2.05) is 24.3 Å². The lowest BCUT2D eigenvalue weighted by Crippen LogP contribution is -2.01. The zero-order chi connectivity index (χ0) is 13.1. The van der Waals surface area contributed by atoms with Gasteiger partial charge in [0, 0.05) is 16.1 Å². The molecular formula is C16H15ClO. The largest absolute Gasteiger partial charge is 0.289 e. The Bertz CT molecular complexity index is 556. The van der Waals surface area contributed by atoms with Crippen molar-refractivity contribution in [3.63, 3.8) is 0 Å². The summed E-state index contributed by atoms with van der Waals surface area (Å²) < 4.78 is 0. The van der Waals surface area contributed by atoms with Crippen molar-refractivity contribution in [1.29, 1.82) is 0 Å². The van der Waals surface area contributed by atoms with Crippen LogP contribution in [0.2, 0.25) is 5.02 Å². The summed E-state index contributed by atoms with van der Waals surface area (Å²) in [6, 6.07) is 14.8. The van der Waals surface area contributed by atoms with E-state index in [2.05, 4.69) is 13.8 Å². The summed E-state index contributed by atoms with van der Waals surface area (Å²) in [5.74, 6) is 0.480. The van der Waals surface area contributed by atoms with E-state index in [9.17, 15) is 4.79 Å². The summed E-state index contributed by atoms with van der Waals surface area (Å²) >= 11 is 5.89. The molecule has 0 N–H and O–H groups in total. The molecule has 0 aromatic heterocycles. The van der Waals surface area contributed by atoms with Crippen LogP contribution in [0.25, 0.3) is 0 Å². The summed E-state index contributed by atoms with van der Waals surface area (Å²) in [7, 11) is 0. The average Bonchev–Trinajstić information content (AvgIpc) is 2.38. The zero-order valence-electron chi connectivity index (χ0n) is 10.5. The van der Waals surface area contributed by atoms with Crippen LogP contribution >= 0.6 is 11.6 Å². The Balaban J connectivity index is 2.29. The molecule has 2 aromatic rings. The number of rotatable bonds is 3. The number of hydrogen-bond acceptors (Lipinski definition) is 1. The fourth-order valence-corrected chi connectivity index (χ4v) is 2.01. The minimum atomic E-state index is 0.00723. The van der Waals surface area contributed by atoms with Gasteiger partial charge in [-0.3, -0.25) is 4.79 Å². The molecule has 0 aliphatic heterocycles. The van der Waals surface area contributed by atoms with Gasteiger partial charge in [0.25, 0.3) is 0 Å². The van der Waals surface area contributed by atoms with Gasteiger partial charge < -0.3 is 0 Å². The quantitative estimate of drug-likeness (QED) is 0.730. The van der Waals surface area contributed by atoms with Crippen LogP contribution in [0.5, 0.6) is 0 Å². The maximum Gasteiger partial charge on any atom is 0.193 e. The number of hydrogen-bond donors (Lipinski definition) is 0. The highest BCUT2D eigenvalue weighted by Gasteiger charge is 2.09. The lowest BCUT2D eigenvalue weighted by molar-refractivity contribution is 0.103. The molecular weight excluding hydrogens is 244 g/mol. The van der Waals surface area contributed by atoms with Crippen LogP contribution in [0.3, 0.4) is 0 Å². The van der Waals surface area contributed by atoms with Crippen molar-refractivity contribution in [3.8, 4) is 0 Å². The van der Waals surface area contributed by atoms with E-state index >= 15 is 0 Å². The van der Waals surface area contributed by atoms with Gasteiger partial charge in [-0.15, -0.1) is 0 Å². The van der Waals surface area contributed by atoms with Gasteiger partial charge in [-0.1, -0.05) is 61.8 Å². The molecule has 0 saturated carbocycles. The van der Waals surface area contributed by atoms with E-state index in [0.717, 1.165) is 0 Å². The summed E-state index contributed by atoms with van der Waals surface area (Å²) in [6.07, 6.45) is 0. The third-order valence-corrected chi connectivity index (χ3v) is 3.16. The second-order valence-electron chi connectivity index (χ2n) is 4.62. The van der Waals surface area contributed by atoms with Gasteiger partial charge >= 0.3 is 0 Å². The Hall–Kier alpha value is -1.60. The van der Waals surface area contributed by atoms with Gasteiger partial charge in [-0.2, -0.15) is 0 Å². The molecule has 0 aliphatic rings. The predicted molar refractivity (Wildman–Crippen MR) is 75.4 cm³/mol. The van der Waals surface area contributed by atoms with E-state index in [0.29, 0.717) is 22.1 Å². The Labute approximate surface area is 112 Å². The molecule has 2 heteroatoms. The number of benzene rings is 2. The molecule has 0 heterocycles. The van der Waals surface area contributed by atoms with Crippen LogP contribution in [0.4, 0.5) is 0 Å². The van der Waals surface area contributed by atoms with Gasteiger partial charge in [0.2, 0.25) is 0 Å². The topological polar surface area (TPSA) is 17.1 Å². The van der Waals surface area contributed by atoms with Crippen molar-refractivity contribution in [2.75, 3.05) is 0 Å². The Morgan fingerprint density at radius 1 is 1.00 bits per heavy atom. The summed E-state index contributed by atoms with van der Waals surface area (Å²) in [4.78, 5) is 12.2. The molecule has 0 radical (unpaired) electrons. The van der Waals surface area contributed by atoms with E-state index in [-0.39, 0.29) is 5.78 Å². The van der Waals surface area contributed by atoms with Gasteiger partial charge in [0.15, 0.2) is 5.78 Å². The first-order valence-corrected chi connectivity index (χ1v) is 6.36. The molecule has 0 saturated heterocycles. The third kappa shape index (κ3) is 2.80. The fourth-order valence-electron chi connectivity index (χ4n) is 1.82. The van der Waals surface area contributed by atoms with Crippen molar-refractivity contribution in [2.24, 2.45) is 0 Å². The van der Waals surface area contributed by atoms with Gasteiger partial charge in [0.05, 0.1) is 0 Å². The molecule has 0 fully saturated rings. The van der Waals surface area contributed by atoms with E-state index in [1.165, 1.54) is 5.56 Å². The first kappa shape index (κ1) is 12.8. The van der Waals surface area contributed by atoms with Crippen LogP contribution in [-0.4, -0.2) is 5.78 Å². The fraction of sp³-hybridized carbons (Fsp3) is 0.188. The van der Waals surface area contributed by atoms with Crippen LogP contribution < -0.4 is 0 Å². The first-order chi connectivity index (χ1) is 8.58. The van der Waals surface area contributed by atoms with Gasteiger partial charge in [-0.25, -0.2) is 0 Å². The average molecular weight is 259 g/mol. The minimum Gasteiger partial charge on any atom is -0.289 e. The molecule has 2 aromatic carbocycles.